The third-order valence-electron chi connectivity index (χ3n) is 5.60. The van der Waals surface area contributed by atoms with Crippen LogP contribution in [0, 0.1) is 23.5 Å². The maximum absolute atomic E-state index is 13.9. The van der Waals surface area contributed by atoms with Gasteiger partial charge in [-0.15, -0.1) is 0 Å². The van der Waals surface area contributed by atoms with Gasteiger partial charge in [-0.2, -0.15) is 0 Å². The highest BCUT2D eigenvalue weighted by Gasteiger charge is 2.32. The Morgan fingerprint density at radius 2 is 1.64 bits per heavy atom. The lowest BCUT2D eigenvalue weighted by atomic mass is 9.94. The van der Waals surface area contributed by atoms with E-state index in [1.807, 2.05) is 4.90 Å². The molecule has 154 valence electrons. The van der Waals surface area contributed by atoms with Crippen LogP contribution < -0.4 is 0 Å². The van der Waals surface area contributed by atoms with E-state index in [0.29, 0.717) is 31.8 Å². The van der Waals surface area contributed by atoms with E-state index < -0.39 is 17.5 Å². The van der Waals surface area contributed by atoms with Crippen molar-refractivity contribution in [2.24, 2.45) is 11.8 Å². The fraction of sp³-hybridized carbons (Fsp3) is 0.619. The SMILES string of the molecule is CC(C)CN1CCN(C(=O)C2CCN(C(=O)c3ccc(F)cc3F)CC2)CC1. The molecule has 0 saturated carbocycles. The Bertz CT molecular complexity index is 710. The zero-order valence-electron chi connectivity index (χ0n) is 16.7. The van der Waals surface area contributed by atoms with Gasteiger partial charge in [0.1, 0.15) is 11.6 Å². The van der Waals surface area contributed by atoms with Crippen molar-refractivity contribution in [2.45, 2.75) is 26.7 Å². The largest absolute Gasteiger partial charge is 0.340 e. The van der Waals surface area contributed by atoms with Crippen molar-refractivity contribution < 1.29 is 18.4 Å². The highest BCUT2D eigenvalue weighted by molar-refractivity contribution is 5.94. The smallest absolute Gasteiger partial charge is 0.256 e. The van der Waals surface area contributed by atoms with Gasteiger partial charge in [0, 0.05) is 57.8 Å². The van der Waals surface area contributed by atoms with Gasteiger partial charge >= 0.3 is 0 Å². The third kappa shape index (κ3) is 4.87. The summed E-state index contributed by atoms with van der Waals surface area (Å²) in [5, 5.41) is 0. The van der Waals surface area contributed by atoms with Gasteiger partial charge in [0.15, 0.2) is 0 Å². The summed E-state index contributed by atoms with van der Waals surface area (Å²) < 4.78 is 26.9. The van der Waals surface area contributed by atoms with E-state index in [9.17, 15) is 18.4 Å². The van der Waals surface area contributed by atoms with E-state index in [4.69, 9.17) is 0 Å². The molecule has 2 amide bonds. The first-order valence-electron chi connectivity index (χ1n) is 10.1. The molecule has 0 bridgehead atoms. The van der Waals surface area contributed by atoms with Gasteiger partial charge < -0.3 is 9.80 Å². The molecule has 2 aliphatic rings. The van der Waals surface area contributed by atoms with E-state index >= 15 is 0 Å². The van der Waals surface area contributed by atoms with Gasteiger partial charge in [-0.05, 0) is 30.9 Å². The normalized spacial score (nSPS) is 19.3. The van der Waals surface area contributed by atoms with Crippen LogP contribution in [0.15, 0.2) is 18.2 Å². The standard InChI is InChI=1S/C21H29F2N3O2/c1-15(2)14-24-9-11-26(12-10-24)20(27)16-5-7-25(8-6-16)21(28)18-4-3-17(22)13-19(18)23/h3-4,13,15-16H,5-12,14H2,1-2H3. The third-order valence-corrected chi connectivity index (χ3v) is 5.60. The average molecular weight is 393 g/mol. The summed E-state index contributed by atoms with van der Waals surface area (Å²) in [7, 11) is 0. The Morgan fingerprint density at radius 1 is 1.00 bits per heavy atom. The lowest BCUT2D eigenvalue weighted by Crippen LogP contribution is -2.52. The number of carbonyl (C=O) groups excluding carboxylic acids is 2. The second-order valence-electron chi connectivity index (χ2n) is 8.21. The molecule has 0 N–H and O–H groups in total. The van der Waals surface area contributed by atoms with E-state index in [0.717, 1.165) is 44.9 Å². The molecule has 5 nitrogen and oxygen atoms in total. The Hall–Kier alpha value is -2.02. The van der Waals surface area contributed by atoms with Crippen molar-refractivity contribution in [3.63, 3.8) is 0 Å². The number of nitrogens with zero attached hydrogens (tertiary/aromatic N) is 3. The van der Waals surface area contributed by atoms with E-state index in [1.54, 1.807) is 4.90 Å². The van der Waals surface area contributed by atoms with Crippen LogP contribution in [0.1, 0.15) is 37.0 Å². The van der Waals surface area contributed by atoms with Crippen molar-refractivity contribution in [2.75, 3.05) is 45.8 Å². The molecule has 2 saturated heterocycles. The van der Waals surface area contributed by atoms with Gasteiger partial charge in [0.25, 0.3) is 5.91 Å². The summed E-state index contributed by atoms with van der Waals surface area (Å²) in [6.45, 7) is 9.61. The highest BCUT2D eigenvalue weighted by Crippen LogP contribution is 2.23. The predicted molar refractivity (Wildman–Crippen MR) is 103 cm³/mol. The van der Waals surface area contributed by atoms with Crippen LogP contribution in [-0.4, -0.2) is 72.3 Å². The van der Waals surface area contributed by atoms with E-state index in [2.05, 4.69) is 18.7 Å². The summed E-state index contributed by atoms with van der Waals surface area (Å²) in [6.07, 6.45) is 1.17. The van der Waals surface area contributed by atoms with Crippen LogP contribution in [0.4, 0.5) is 8.78 Å². The molecular weight excluding hydrogens is 364 g/mol. The molecule has 0 radical (unpaired) electrons. The number of piperidine rings is 1. The maximum atomic E-state index is 13.9. The Balaban J connectivity index is 1.50. The minimum atomic E-state index is -0.845. The fourth-order valence-corrected chi connectivity index (χ4v) is 4.09. The van der Waals surface area contributed by atoms with Crippen LogP contribution >= 0.6 is 0 Å². The number of amides is 2. The van der Waals surface area contributed by atoms with Gasteiger partial charge in [0.2, 0.25) is 5.91 Å². The van der Waals surface area contributed by atoms with Gasteiger partial charge in [-0.1, -0.05) is 13.8 Å². The minimum Gasteiger partial charge on any atom is -0.340 e. The molecule has 0 unspecified atom stereocenters. The molecule has 1 aromatic carbocycles. The monoisotopic (exact) mass is 393 g/mol. The molecular formula is C21H29F2N3O2. The fourth-order valence-electron chi connectivity index (χ4n) is 4.09. The maximum Gasteiger partial charge on any atom is 0.256 e. The zero-order chi connectivity index (χ0) is 20.3. The Morgan fingerprint density at radius 3 is 2.21 bits per heavy atom. The van der Waals surface area contributed by atoms with Gasteiger partial charge in [-0.3, -0.25) is 14.5 Å². The van der Waals surface area contributed by atoms with Crippen LogP contribution in [0.25, 0.3) is 0 Å². The van der Waals surface area contributed by atoms with Crippen molar-refractivity contribution in [3.05, 3.63) is 35.4 Å². The van der Waals surface area contributed by atoms with Crippen molar-refractivity contribution in [1.29, 1.82) is 0 Å². The number of hydrogen-bond donors (Lipinski definition) is 0. The quantitative estimate of drug-likeness (QED) is 0.790. The number of piperazine rings is 1. The Labute approximate surface area is 165 Å². The molecule has 0 aliphatic carbocycles. The molecule has 3 rings (SSSR count). The number of likely N-dealkylation sites (tertiary alicyclic amines) is 1. The summed E-state index contributed by atoms with van der Waals surface area (Å²) in [5.74, 6) is -1.28. The molecule has 1 aromatic rings. The summed E-state index contributed by atoms with van der Waals surface area (Å²) >= 11 is 0. The highest BCUT2D eigenvalue weighted by atomic mass is 19.1. The molecule has 7 heteroatoms. The molecule has 0 aromatic heterocycles. The second-order valence-corrected chi connectivity index (χ2v) is 8.21. The van der Waals surface area contributed by atoms with Crippen molar-refractivity contribution in [1.82, 2.24) is 14.7 Å². The predicted octanol–water partition coefficient (Wildman–Crippen LogP) is 2.62. The summed E-state index contributed by atoms with van der Waals surface area (Å²) in [5.41, 5.74) is -0.118. The summed E-state index contributed by atoms with van der Waals surface area (Å²) in [4.78, 5) is 31.2. The van der Waals surface area contributed by atoms with Gasteiger partial charge in [-0.25, -0.2) is 8.78 Å². The van der Waals surface area contributed by atoms with Crippen molar-refractivity contribution in [3.8, 4) is 0 Å². The second kappa shape index (κ2) is 8.99. The van der Waals surface area contributed by atoms with Crippen LogP contribution in [0.3, 0.4) is 0 Å². The first-order chi connectivity index (χ1) is 13.3. The molecule has 2 fully saturated rings. The summed E-state index contributed by atoms with van der Waals surface area (Å²) in [6, 6.07) is 2.99. The number of halogens is 2. The Kier molecular flexibility index (Phi) is 6.65. The topological polar surface area (TPSA) is 43.9 Å². The lowest BCUT2D eigenvalue weighted by Gasteiger charge is -2.39. The number of hydrogen-bond acceptors (Lipinski definition) is 3. The zero-order valence-corrected chi connectivity index (χ0v) is 16.7. The van der Waals surface area contributed by atoms with Crippen LogP contribution in [0.2, 0.25) is 0 Å². The number of benzene rings is 1. The average Bonchev–Trinajstić information content (AvgIpc) is 2.67. The minimum absolute atomic E-state index is 0.0845. The van der Waals surface area contributed by atoms with Gasteiger partial charge in [0.05, 0.1) is 5.56 Å². The molecule has 2 aliphatic heterocycles. The lowest BCUT2D eigenvalue weighted by molar-refractivity contribution is -0.138. The van der Waals surface area contributed by atoms with Crippen LogP contribution in [-0.2, 0) is 4.79 Å². The van der Waals surface area contributed by atoms with E-state index in [-0.39, 0.29) is 17.4 Å². The van der Waals surface area contributed by atoms with Crippen LogP contribution in [0.5, 0.6) is 0 Å². The number of carbonyl (C=O) groups is 2. The van der Waals surface area contributed by atoms with E-state index in [1.165, 1.54) is 6.07 Å². The first kappa shape index (κ1) is 20.7. The number of rotatable bonds is 4. The first-order valence-corrected chi connectivity index (χ1v) is 10.1. The van der Waals surface area contributed by atoms with Crippen molar-refractivity contribution >= 4 is 11.8 Å². The molecule has 0 spiro atoms. The molecule has 2 heterocycles. The molecule has 28 heavy (non-hydrogen) atoms. The molecule has 0 atom stereocenters.